The van der Waals surface area contributed by atoms with Crippen molar-refractivity contribution < 1.29 is 4.79 Å². The smallest absolute Gasteiger partial charge is 0.250 e. The molecule has 1 aliphatic carbocycles. The zero-order valence-corrected chi connectivity index (χ0v) is 13.9. The van der Waals surface area contributed by atoms with Crippen molar-refractivity contribution in [2.24, 2.45) is 0 Å². The molecule has 24 heavy (non-hydrogen) atoms. The van der Waals surface area contributed by atoms with E-state index in [0.717, 1.165) is 30.9 Å². The summed E-state index contributed by atoms with van der Waals surface area (Å²) in [6, 6.07) is 8.73. The Balaban J connectivity index is 1.71. The van der Waals surface area contributed by atoms with Crippen molar-refractivity contribution in [3.63, 3.8) is 0 Å². The highest BCUT2D eigenvalue weighted by atomic mass is 16.1. The number of nitrogens with one attached hydrogen (secondary N) is 1. The van der Waals surface area contributed by atoms with E-state index in [1.165, 1.54) is 18.4 Å². The third-order valence-corrected chi connectivity index (χ3v) is 4.95. The van der Waals surface area contributed by atoms with Gasteiger partial charge < -0.3 is 10.2 Å². The Morgan fingerprint density at radius 3 is 2.83 bits per heavy atom. The maximum Gasteiger partial charge on any atom is 0.250 e. The van der Waals surface area contributed by atoms with E-state index in [9.17, 15) is 4.79 Å². The molecule has 126 valence electrons. The average Bonchev–Trinajstić information content (AvgIpc) is 3.24. The number of nitrogens with zero attached hydrogens (tertiary/aromatic N) is 5. The van der Waals surface area contributed by atoms with Gasteiger partial charge in [0.05, 0.1) is 12.1 Å². The van der Waals surface area contributed by atoms with Gasteiger partial charge in [0.1, 0.15) is 0 Å². The van der Waals surface area contributed by atoms with E-state index in [0.29, 0.717) is 12.6 Å². The van der Waals surface area contributed by atoms with Crippen LogP contribution >= 0.6 is 0 Å². The second-order valence-corrected chi connectivity index (χ2v) is 6.70. The topological polar surface area (TPSA) is 75.9 Å². The van der Waals surface area contributed by atoms with Gasteiger partial charge in [0.25, 0.3) is 0 Å². The predicted octanol–water partition coefficient (Wildman–Crippen LogP) is 1.99. The van der Waals surface area contributed by atoms with Crippen molar-refractivity contribution in [1.82, 2.24) is 25.5 Å². The molecule has 1 amide bonds. The average molecular weight is 326 g/mol. The molecular formula is C17H22N6O. The fourth-order valence-electron chi connectivity index (χ4n) is 3.92. The monoisotopic (exact) mass is 326 g/mol. The van der Waals surface area contributed by atoms with E-state index < -0.39 is 0 Å². The fraction of sp³-hybridized carbons (Fsp3) is 0.529. The number of benzene rings is 1. The molecule has 1 aliphatic heterocycles. The lowest BCUT2D eigenvalue weighted by Crippen LogP contribution is -2.46. The van der Waals surface area contributed by atoms with Crippen LogP contribution < -0.4 is 10.2 Å². The Bertz CT molecular complexity index is 736. The number of carbonyl (C=O) groups is 1. The zero-order chi connectivity index (χ0) is 16.5. The van der Waals surface area contributed by atoms with E-state index in [1.807, 2.05) is 16.8 Å². The number of hydrogen-bond acceptors (Lipinski definition) is 5. The van der Waals surface area contributed by atoms with E-state index in [2.05, 4.69) is 37.9 Å². The Hall–Kier alpha value is -2.44. The van der Waals surface area contributed by atoms with Crippen LogP contribution in [-0.2, 0) is 11.2 Å². The van der Waals surface area contributed by atoms with Crippen molar-refractivity contribution in [3.05, 3.63) is 29.8 Å². The molecular weight excluding hydrogens is 304 g/mol. The number of carbonyl (C=O) groups excluding carboxylic acids is 1. The lowest BCUT2D eigenvalue weighted by molar-refractivity contribution is -0.119. The van der Waals surface area contributed by atoms with Gasteiger partial charge in [-0.3, -0.25) is 4.79 Å². The third-order valence-electron chi connectivity index (χ3n) is 4.95. The summed E-state index contributed by atoms with van der Waals surface area (Å²) in [5.74, 6) is 0.777. The van der Waals surface area contributed by atoms with Gasteiger partial charge in [0.2, 0.25) is 11.9 Å². The molecule has 1 unspecified atom stereocenters. The standard InChI is InChI=1S/C17H22N6O/c1-12(24)18-14-10-13-6-2-5-9-16(13)22(11-14)17-19-20-21-23(17)15-7-3-4-8-15/h2,5-6,9,14-15H,3-4,7-8,10-11H2,1H3,(H,18,24). The van der Waals surface area contributed by atoms with E-state index >= 15 is 0 Å². The summed E-state index contributed by atoms with van der Waals surface area (Å²) in [4.78, 5) is 13.7. The second-order valence-electron chi connectivity index (χ2n) is 6.70. The van der Waals surface area contributed by atoms with Gasteiger partial charge in [0, 0.05) is 19.2 Å². The first kappa shape index (κ1) is 15.1. The van der Waals surface area contributed by atoms with Gasteiger partial charge in [-0.2, -0.15) is 0 Å². The predicted molar refractivity (Wildman–Crippen MR) is 90.1 cm³/mol. The van der Waals surface area contributed by atoms with Crippen LogP contribution in [0.3, 0.4) is 0 Å². The molecule has 1 atom stereocenters. The highest BCUT2D eigenvalue weighted by Crippen LogP contribution is 2.36. The first-order valence-corrected chi connectivity index (χ1v) is 8.63. The molecule has 2 aromatic rings. The Labute approximate surface area is 141 Å². The van der Waals surface area contributed by atoms with Gasteiger partial charge in [0.15, 0.2) is 0 Å². The summed E-state index contributed by atoms with van der Waals surface area (Å²) in [6.45, 7) is 2.25. The van der Waals surface area contributed by atoms with E-state index in [1.54, 1.807) is 6.92 Å². The van der Waals surface area contributed by atoms with Crippen LogP contribution in [0.4, 0.5) is 11.6 Å². The number of hydrogen-bond donors (Lipinski definition) is 1. The van der Waals surface area contributed by atoms with Gasteiger partial charge in [-0.25, -0.2) is 4.68 Å². The van der Waals surface area contributed by atoms with Crippen LogP contribution in [0.2, 0.25) is 0 Å². The Morgan fingerprint density at radius 1 is 1.25 bits per heavy atom. The normalized spacial score (nSPS) is 20.9. The zero-order valence-electron chi connectivity index (χ0n) is 13.9. The van der Waals surface area contributed by atoms with Crippen molar-refractivity contribution in [2.45, 2.75) is 51.1 Å². The molecule has 1 N–H and O–H groups in total. The summed E-state index contributed by atoms with van der Waals surface area (Å²) in [5.41, 5.74) is 2.34. The van der Waals surface area contributed by atoms with Gasteiger partial charge >= 0.3 is 0 Å². The summed E-state index contributed by atoms with van der Waals surface area (Å²) >= 11 is 0. The van der Waals surface area contributed by atoms with Gasteiger partial charge in [-0.1, -0.05) is 36.1 Å². The maximum absolute atomic E-state index is 11.5. The maximum atomic E-state index is 11.5. The van der Waals surface area contributed by atoms with Crippen molar-refractivity contribution in [2.75, 3.05) is 11.4 Å². The molecule has 1 aromatic heterocycles. The molecule has 2 aliphatic rings. The van der Waals surface area contributed by atoms with Crippen LogP contribution in [0.1, 0.15) is 44.2 Å². The minimum atomic E-state index is -0.00489. The second kappa shape index (κ2) is 6.22. The SMILES string of the molecule is CC(=O)NC1Cc2ccccc2N(c2nnnn2C2CCCC2)C1. The molecule has 1 saturated carbocycles. The quantitative estimate of drug-likeness (QED) is 0.933. The van der Waals surface area contributed by atoms with Crippen molar-refractivity contribution >= 4 is 17.5 Å². The highest BCUT2D eigenvalue weighted by Gasteiger charge is 2.31. The minimum absolute atomic E-state index is 0.00489. The lowest BCUT2D eigenvalue weighted by atomic mass is 9.98. The van der Waals surface area contributed by atoms with Crippen LogP contribution in [0, 0.1) is 0 Å². The molecule has 4 rings (SSSR count). The molecule has 0 saturated heterocycles. The first-order chi connectivity index (χ1) is 11.7. The molecule has 0 bridgehead atoms. The molecule has 2 heterocycles. The highest BCUT2D eigenvalue weighted by molar-refractivity contribution is 5.74. The molecule has 1 fully saturated rings. The summed E-state index contributed by atoms with van der Waals surface area (Å²) in [7, 11) is 0. The van der Waals surface area contributed by atoms with Crippen molar-refractivity contribution in [3.8, 4) is 0 Å². The van der Waals surface area contributed by atoms with Crippen LogP contribution in [0.5, 0.6) is 0 Å². The largest absolute Gasteiger partial charge is 0.351 e. The van der Waals surface area contributed by atoms with Crippen LogP contribution in [0.15, 0.2) is 24.3 Å². The Kier molecular flexibility index (Phi) is 3.92. The number of aromatic nitrogens is 4. The van der Waals surface area contributed by atoms with Gasteiger partial charge in [-0.05, 0) is 41.3 Å². The summed E-state index contributed by atoms with van der Waals surface area (Å²) in [5, 5.41) is 15.6. The first-order valence-electron chi connectivity index (χ1n) is 8.63. The number of amides is 1. The molecule has 7 nitrogen and oxygen atoms in total. The van der Waals surface area contributed by atoms with Crippen LogP contribution in [-0.4, -0.2) is 38.7 Å². The Morgan fingerprint density at radius 2 is 2.04 bits per heavy atom. The third kappa shape index (κ3) is 2.74. The van der Waals surface area contributed by atoms with Crippen LogP contribution in [0.25, 0.3) is 0 Å². The molecule has 1 aromatic carbocycles. The van der Waals surface area contributed by atoms with E-state index in [4.69, 9.17) is 0 Å². The number of para-hydroxylation sites is 1. The van der Waals surface area contributed by atoms with E-state index in [-0.39, 0.29) is 11.9 Å². The molecule has 7 heteroatoms. The molecule has 0 radical (unpaired) electrons. The lowest BCUT2D eigenvalue weighted by Gasteiger charge is -2.35. The number of fused-ring (bicyclic) bond motifs is 1. The summed E-state index contributed by atoms with van der Waals surface area (Å²) in [6.07, 6.45) is 5.55. The number of rotatable bonds is 3. The molecule has 0 spiro atoms. The number of anilines is 2. The summed E-state index contributed by atoms with van der Waals surface area (Å²) < 4.78 is 1.97. The van der Waals surface area contributed by atoms with Crippen molar-refractivity contribution in [1.29, 1.82) is 0 Å². The minimum Gasteiger partial charge on any atom is -0.351 e. The fourth-order valence-corrected chi connectivity index (χ4v) is 3.92. The number of tetrazole rings is 1. The van der Waals surface area contributed by atoms with Gasteiger partial charge in [-0.15, -0.1) is 0 Å².